The molecule has 0 aromatic carbocycles. The van der Waals surface area contributed by atoms with E-state index >= 15 is 0 Å². The summed E-state index contributed by atoms with van der Waals surface area (Å²) in [6, 6.07) is 0.792. The number of nitrogens with one attached hydrogen (secondary N) is 1. The maximum Gasteiger partial charge on any atom is 0.0223 e. The van der Waals surface area contributed by atoms with Gasteiger partial charge in [0.25, 0.3) is 0 Å². The largest absolute Gasteiger partial charge is 0.312 e. The van der Waals surface area contributed by atoms with Crippen LogP contribution >= 0.6 is 0 Å². The molecule has 3 fully saturated rings. The molecular formula is C17H32N2. The first-order chi connectivity index (χ1) is 9.36. The molecule has 1 aliphatic heterocycles. The van der Waals surface area contributed by atoms with Crippen LogP contribution < -0.4 is 5.32 Å². The quantitative estimate of drug-likeness (QED) is 0.792. The fourth-order valence-corrected chi connectivity index (χ4v) is 4.33. The van der Waals surface area contributed by atoms with Crippen LogP contribution in [-0.2, 0) is 0 Å². The predicted octanol–water partition coefficient (Wildman–Crippen LogP) is 3.28. The first-order valence-electron chi connectivity index (χ1n) is 8.82. The van der Waals surface area contributed by atoms with Crippen molar-refractivity contribution < 1.29 is 0 Å². The Morgan fingerprint density at radius 3 is 2.58 bits per heavy atom. The van der Waals surface area contributed by atoms with Crippen LogP contribution in [0.4, 0.5) is 0 Å². The molecule has 3 aliphatic rings. The highest BCUT2D eigenvalue weighted by Crippen LogP contribution is 2.37. The smallest absolute Gasteiger partial charge is 0.0223 e. The third-order valence-corrected chi connectivity index (χ3v) is 5.68. The van der Waals surface area contributed by atoms with Crippen LogP contribution in [0.15, 0.2) is 0 Å². The van der Waals surface area contributed by atoms with E-state index in [-0.39, 0.29) is 0 Å². The van der Waals surface area contributed by atoms with E-state index in [2.05, 4.69) is 17.1 Å². The highest BCUT2D eigenvalue weighted by atomic mass is 15.2. The Balaban J connectivity index is 1.48. The van der Waals surface area contributed by atoms with Gasteiger partial charge in [-0.2, -0.15) is 0 Å². The summed E-state index contributed by atoms with van der Waals surface area (Å²) in [5.74, 6) is 3.11. The highest BCUT2D eigenvalue weighted by molar-refractivity contribution is 4.91. The predicted molar refractivity (Wildman–Crippen MR) is 81.3 cm³/mol. The van der Waals surface area contributed by atoms with Crippen LogP contribution in [-0.4, -0.2) is 37.1 Å². The lowest BCUT2D eigenvalue weighted by Crippen LogP contribution is -2.48. The maximum absolute atomic E-state index is 3.81. The van der Waals surface area contributed by atoms with Crippen molar-refractivity contribution in [2.45, 2.75) is 64.3 Å². The van der Waals surface area contributed by atoms with Crippen molar-refractivity contribution in [2.75, 3.05) is 26.2 Å². The maximum atomic E-state index is 3.81. The second-order valence-corrected chi connectivity index (χ2v) is 7.25. The SMILES string of the molecule is CCCNC(CN1CCC2CCCCC2C1)C1CC1. The summed E-state index contributed by atoms with van der Waals surface area (Å²) in [6.07, 6.45) is 11.7. The van der Waals surface area contributed by atoms with Crippen LogP contribution in [0.25, 0.3) is 0 Å². The Morgan fingerprint density at radius 1 is 1.05 bits per heavy atom. The van der Waals surface area contributed by atoms with Crippen molar-refractivity contribution in [3.8, 4) is 0 Å². The van der Waals surface area contributed by atoms with Crippen LogP contribution in [0.3, 0.4) is 0 Å². The van der Waals surface area contributed by atoms with Crippen LogP contribution in [0.2, 0.25) is 0 Å². The topological polar surface area (TPSA) is 15.3 Å². The van der Waals surface area contributed by atoms with E-state index in [9.17, 15) is 0 Å². The number of nitrogens with zero attached hydrogens (tertiary/aromatic N) is 1. The molecule has 0 aromatic rings. The zero-order chi connectivity index (χ0) is 13.1. The number of hydrogen-bond donors (Lipinski definition) is 1. The molecule has 2 nitrogen and oxygen atoms in total. The molecule has 0 spiro atoms. The lowest BCUT2D eigenvalue weighted by atomic mass is 9.75. The molecule has 1 saturated heterocycles. The van der Waals surface area contributed by atoms with E-state index in [4.69, 9.17) is 0 Å². The molecule has 3 atom stereocenters. The summed E-state index contributed by atoms with van der Waals surface area (Å²) >= 11 is 0. The summed E-state index contributed by atoms with van der Waals surface area (Å²) in [5, 5.41) is 3.81. The highest BCUT2D eigenvalue weighted by Gasteiger charge is 2.35. The Labute approximate surface area is 119 Å². The van der Waals surface area contributed by atoms with Crippen molar-refractivity contribution in [3.63, 3.8) is 0 Å². The fourth-order valence-electron chi connectivity index (χ4n) is 4.33. The van der Waals surface area contributed by atoms with Crippen molar-refractivity contribution in [2.24, 2.45) is 17.8 Å². The minimum absolute atomic E-state index is 0.792. The van der Waals surface area contributed by atoms with Gasteiger partial charge in [-0.1, -0.05) is 26.2 Å². The Morgan fingerprint density at radius 2 is 1.84 bits per heavy atom. The molecule has 110 valence electrons. The zero-order valence-corrected chi connectivity index (χ0v) is 12.7. The molecule has 2 saturated carbocycles. The van der Waals surface area contributed by atoms with E-state index in [1.807, 2.05) is 0 Å². The molecule has 1 heterocycles. The van der Waals surface area contributed by atoms with Gasteiger partial charge < -0.3 is 10.2 Å². The van der Waals surface area contributed by atoms with Gasteiger partial charge in [-0.05, 0) is 62.9 Å². The second-order valence-electron chi connectivity index (χ2n) is 7.25. The van der Waals surface area contributed by atoms with Gasteiger partial charge in [0, 0.05) is 19.1 Å². The van der Waals surface area contributed by atoms with Crippen molar-refractivity contribution in [1.82, 2.24) is 10.2 Å². The lowest BCUT2D eigenvalue weighted by molar-refractivity contribution is 0.0778. The first kappa shape index (κ1) is 13.9. The van der Waals surface area contributed by atoms with E-state index in [0.717, 1.165) is 23.8 Å². The summed E-state index contributed by atoms with van der Waals surface area (Å²) in [5.41, 5.74) is 0. The van der Waals surface area contributed by atoms with Gasteiger partial charge in [-0.15, -0.1) is 0 Å². The second kappa shape index (κ2) is 6.58. The van der Waals surface area contributed by atoms with Gasteiger partial charge in [0.15, 0.2) is 0 Å². The molecule has 2 heteroatoms. The van der Waals surface area contributed by atoms with Gasteiger partial charge in [-0.3, -0.25) is 0 Å². The molecule has 1 N–H and O–H groups in total. The van der Waals surface area contributed by atoms with Crippen molar-refractivity contribution >= 4 is 0 Å². The molecule has 0 bridgehead atoms. The van der Waals surface area contributed by atoms with Gasteiger partial charge in [0.05, 0.1) is 0 Å². The molecular weight excluding hydrogens is 232 g/mol. The molecule has 3 unspecified atom stereocenters. The average Bonchev–Trinajstić information content (AvgIpc) is 3.28. The summed E-state index contributed by atoms with van der Waals surface area (Å²) in [4.78, 5) is 2.79. The van der Waals surface area contributed by atoms with Gasteiger partial charge >= 0.3 is 0 Å². The van der Waals surface area contributed by atoms with Crippen LogP contribution in [0.5, 0.6) is 0 Å². The van der Waals surface area contributed by atoms with E-state index < -0.39 is 0 Å². The zero-order valence-electron chi connectivity index (χ0n) is 12.7. The number of piperidine rings is 1. The third kappa shape index (κ3) is 3.72. The average molecular weight is 264 g/mol. The summed E-state index contributed by atoms with van der Waals surface area (Å²) in [6.45, 7) is 7.60. The van der Waals surface area contributed by atoms with Crippen molar-refractivity contribution in [1.29, 1.82) is 0 Å². The lowest BCUT2D eigenvalue weighted by Gasteiger charge is -2.42. The number of likely N-dealkylation sites (tertiary alicyclic amines) is 1. The molecule has 3 rings (SSSR count). The Bertz CT molecular complexity index is 274. The first-order valence-corrected chi connectivity index (χ1v) is 8.82. The summed E-state index contributed by atoms with van der Waals surface area (Å²) in [7, 11) is 0. The fraction of sp³-hybridized carbons (Fsp3) is 1.00. The Hall–Kier alpha value is -0.0800. The number of hydrogen-bond acceptors (Lipinski definition) is 2. The molecule has 19 heavy (non-hydrogen) atoms. The minimum atomic E-state index is 0.792. The van der Waals surface area contributed by atoms with Crippen LogP contribution in [0.1, 0.15) is 58.3 Å². The third-order valence-electron chi connectivity index (χ3n) is 5.68. The standard InChI is InChI=1S/C17H32N2/c1-2-10-18-17(15-7-8-15)13-19-11-9-14-5-3-4-6-16(14)12-19/h14-18H,2-13H2,1H3. The van der Waals surface area contributed by atoms with Gasteiger partial charge in [0.2, 0.25) is 0 Å². The molecule has 0 radical (unpaired) electrons. The molecule has 0 aromatic heterocycles. The number of fused-ring (bicyclic) bond motifs is 1. The van der Waals surface area contributed by atoms with E-state index in [1.54, 1.807) is 0 Å². The van der Waals surface area contributed by atoms with Gasteiger partial charge in [-0.25, -0.2) is 0 Å². The summed E-state index contributed by atoms with van der Waals surface area (Å²) < 4.78 is 0. The van der Waals surface area contributed by atoms with Crippen molar-refractivity contribution in [3.05, 3.63) is 0 Å². The normalized spacial score (nSPS) is 33.9. The molecule has 2 aliphatic carbocycles. The van der Waals surface area contributed by atoms with Gasteiger partial charge in [0.1, 0.15) is 0 Å². The van der Waals surface area contributed by atoms with E-state index in [0.29, 0.717) is 0 Å². The minimum Gasteiger partial charge on any atom is -0.312 e. The van der Waals surface area contributed by atoms with E-state index in [1.165, 1.54) is 77.5 Å². The Kier molecular flexibility index (Phi) is 4.81. The monoisotopic (exact) mass is 264 g/mol. The number of rotatable bonds is 6. The van der Waals surface area contributed by atoms with Crippen LogP contribution in [0, 0.1) is 17.8 Å². The molecule has 0 amide bonds.